The van der Waals surface area contributed by atoms with Crippen LogP contribution in [0.15, 0.2) is 0 Å². The fourth-order valence-corrected chi connectivity index (χ4v) is 1.68. The van der Waals surface area contributed by atoms with Crippen molar-refractivity contribution >= 4 is 11.1 Å². The second-order valence-corrected chi connectivity index (χ2v) is 3.51. The monoisotopic (exact) mass is 164 g/mol. The van der Waals surface area contributed by atoms with Gasteiger partial charge in [-0.05, 0) is 7.05 Å². The molecule has 2 atom stereocenters. The molecule has 0 aromatic heterocycles. The quantitative estimate of drug-likeness (QED) is 0.492. The highest BCUT2D eigenvalue weighted by atomic mass is 32.2. The number of nitrogens with one attached hydrogen (secondary N) is 1. The lowest BCUT2D eigenvalue weighted by Crippen LogP contribution is -2.51. The number of nitrogens with zero attached hydrogens (tertiary/aromatic N) is 1. The zero-order chi connectivity index (χ0) is 7.56. The molecule has 1 aliphatic heterocycles. The first-order valence-corrected chi connectivity index (χ1v) is 4.39. The van der Waals surface area contributed by atoms with Gasteiger partial charge in [-0.15, -0.1) is 0 Å². The summed E-state index contributed by atoms with van der Waals surface area (Å²) in [5, 5.41) is 2.82. The molecule has 1 aliphatic rings. The Morgan fingerprint density at radius 3 is 2.90 bits per heavy atom. The summed E-state index contributed by atoms with van der Waals surface area (Å²) in [5.74, 6) is 0. The summed E-state index contributed by atoms with van der Waals surface area (Å²) in [6, 6.07) is 0. The van der Waals surface area contributed by atoms with Gasteiger partial charge < -0.3 is 9.87 Å². The number of hydrogen-bond acceptors (Lipinski definition) is 3. The normalized spacial score (nSPS) is 32.0. The predicted octanol–water partition coefficient (Wildman–Crippen LogP) is -0.931. The minimum atomic E-state index is -1.72. The van der Waals surface area contributed by atoms with Crippen molar-refractivity contribution in [3.05, 3.63) is 0 Å². The molecule has 0 aliphatic carbocycles. The maximum Gasteiger partial charge on any atom is 0.172 e. The standard InChI is InChI=1S/C5H12N2O2S/c1-7-3-2-6-4-5(7)10(8)9/h5-6H,2-4H2,1H3,(H,8,9). The third kappa shape index (κ3) is 1.76. The molecule has 0 radical (unpaired) electrons. The molecule has 0 bridgehead atoms. The van der Waals surface area contributed by atoms with E-state index in [4.69, 9.17) is 4.55 Å². The highest BCUT2D eigenvalue weighted by Gasteiger charge is 2.22. The largest absolute Gasteiger partial charge is 0.313 e. The van der Waals surface area contributed by atoms with E-state index in [2.05, 4.69) is 5.32 Å². The van der Waals surface area contributed by atoms with Crippen LogP contribution in [0.1, 0.15) is 0 Å². The molecule has 4 nitrogen and oxygen atoms in total. The third-order valence-electron chi connectivity index (χ3n) is 1.68. The van der Waals surface area contributed by atoms with Crippen molar-refractivity contribution in [2.24, 2.45) is 0 Å². The molecule has 0 amide bonds. The SMILES string of the molecule is CN1CCNCC1S(=O)O. The lowest BCUT2D eigenvalue weighted by Gasteiger charge is -2.29. The smallest absolute Gasteiger partial charge is 0.172 e. The molecule has 60 valence electrons. The molecular weight excluding hydrogens is 152 g/mol. The van der Waals surface area contributed by atoms with E-state index >= 15 is 0 Å². The van der Waals surface area contributed by atoms with Crippen LogP contribution in [0, 0.1) is 0 Å². The highest BCUT2D eigenvalue weighted by Crippen LogP contribution is 2.01. The second-order valence-electron chi connectivity index (χ2n) is 2.42. The lowest BCUT2D eigenvalue weighted by molar-refractivity contribution is 0.253. The summed E-state index contributed by atoms with van der Waals surface area (Å²) in [5.41, 5.74) is 0. The van der Waals surface area contributed by atoms with Gasteiger partial charge in [-0.2, -0.15) is 0 Å². The fraction of sp³-hybridized carbons (Fsp3) is 1.00. The van der Waals surface area contributed by atoms with E-state index in [1.807, 2.05) is 11.9 Å². The molecule has 0 spiro atoms. The maximum atomic E-state index is 10.6. The van der Waals surface area contributed by atoms with Crippen LogP contribution in [0.2, 0.25) is 0 Å². The third-order valence-corrected chi connectivity index (χ3v) is 2.68. The van der Waals surface area contributed by atoms with Crippen LogP contribution in [0.25, 0.3) is 0 Å². The average Bonchev–Trinajstić information content (AvgIpc) is 1.88. The van der Waals surface area contributed by atoms with Crippen molar-refractivity contribution in [2.75, 3.05) is 26.7 Å². The first-order valence-electron chi connectivity index (χ1n) is 3.22. The Morgan fingerprint density at radius 2 is 2.50 bits per heavy atom. The summed E-state index contributed by atoms with van der Waals surface area (Å²) < 4.78 is 19.3. The molecule has 5 heteroatoms. The summed E-state index contributed by atoms with van der Waals surface area (Å²) in [6.45, 7) is 2.36. The molecule has 0 aromatic rings. The van der Waals surface area contributed by atoms with Crippen LogP contribution < -0.4 is 5.32 Å². The molecule has 1 heterocycles. The Labute approximate surface area is 62.9 Å². The lowest BCUT2D eigenvalue weighted by atomic mass is 10.4. The van der Waals surface area contributed by atoms with Crippen molar-refractivity contribution in [1.82, 2.24) is 10.2 Å². The van der Waals surface area contributed by atoms with Crippen molar-refractivity contribution < 1.29 is 8.76 Å². The van der Waals surface area contributed by atoms with Crippen molar-refractivity contribution in [3.63, 3.8) is 0 Å². The van der Waals surface area contributed by atoms with Crippen LogP contribution in [0.5, 0.6) is 0 Å². The Balaban J connectivity index is 2.47. The summed E-state index contributed by atoms with van der Waals surface area (Å²) in [4.78, 5) is 1.90. The maximum absolute atomic E-state index is 10.6. The number of piperazine rings is 1. The van der Waals surface area contributed by atoms with E-state index in [0.29, 0.717) is 6.54 Å². The van der Waals surface area contributed by atoms with Crippen molar-refractivity contribution in [1.29, 1.82) is 0 Å². The highest BCUT2D eigenvalue weighted by molar-refractivity contribution is 7.79. The number of rotatable bonds is 1. The second kappa shape index (κ2) is 3.43. The van der Waals surface area contributed by atoms with Gasteiger partial charge in [-0.3, -0.25) is 4.90 Å². The van der Waals surface area contributed by atoms with E-state index in [9.17, 15) is 4.21 Å². The summed E-state index contributed by atoms with van der Waals surface area (Å²) in [6.07, 6.45) is 0. The first-order chi connectivity index (χ1) is 4.72. The molecule has 0 aromatic carbocycles. The van der Waals surface area contributed by atoms with E-state index in [1.54, 1.807) is 0 Å². The Kier molecular flexibility index (Phi) is 2.79. The topological polar surface area (TPSA) is 52.6 Å². The van der Waals surface area contributed by atoms with Crippen LogP contribution in [-0.4, -0.2) is 45.7 Å². The molecule has 1 saturated heterocycles. The summed E-state index contributed by atoms with van der Waals surface area (Å²) in [7, 11) is 1.86. The molecule has 10 heavy (non-hydrogen) atoms. The van der Waals surface area contributed by atoms with E-state index in [1.165, 1.54) is 0 Å². The van der Waals surface area contributed by atoms with Gasteiger partial charge in [0, 0.05) is 19.6 Å². The van der Waals surface area contributed by atoms with Crippen LogP contribution in [-0.2, 0) is 11.1 Å². The van der Waals surface area contributed by atoms with Gasteiger partial charge in [0.15, 0.2) is 11.1 Å². The van der Waals surface area contributed by atoms with Gasteiger partial charge >= 0.3 is 0 Å². The summed E-state index contributed by atoms with van der Waals surface area (Å²) >= 11 is -1.72. The van der Waals surface area contributed by atoms with Crippen molar-refractivity contribution in [3.8, 4) is 0 Å². The number of hydrogen-bond donors (Lipinski definition) is 2. The molecule has 2 N–H and O–H groups in total. The van der Waals surface area contributed by atoms with E-state index in [-0.39, 0.29) is 5.37 Å². The van der Waals surface area contributed by atoms with Crippen LogP contribution >= 0.6 is 0 Å². The van der Waals surface area contributed by atoms with Crippen molar-refractivity contribution in [2.45, 2.75) is 5.37 Å². The Hall–Kier alpha value is 0.0300. The van der Waals surface area contributed by atoms with Crippen LogP contribution in [0.4, 0.5) is 0 Å². The van der Waals surface area contributed by atoms with Gasteiger partial charge in [0.1, 0.15) is 5.37 Å². The minimum absolute atomic E-state index is 0.228. The van der Waals surface area contributed by atoms with Crippen LogP contribution in [0.3, 0.4) is 0 Å². The first kappa shape index (κ1) is 8.13. The van der Waals surface area contributed by atoms with E-state index < -0.39 is 11.1 Å². The van der Waals surface area contributed by atoms with E-state index in [0.717, 1.165) is 13.1 Å². The zero-order valence-corrected chi connectivity index (χ0v) is 6.73. The molecule has 1 rings (SSSR count). The van der Waals surface area contributed by atoms with Gasteiger partial charge in [0.05, 0.1) is 0 Å². The molecule has 1 fully saturated rings. The minimum Gasteiger partial charge on any atom is -0.313 e. The van der Waals surface area contributed by atoms with Gasteiger partial charge in [-0.1, -0.05) is 0 Å². The molecule has 0 saturated carbocycles. The average molecular weight is 164 g/mol. The Morgan fingerprint density at radius 1 is 1.80 bits per heavy atom. The predicted molar refractivity (Wildman–Crippen MR) is 40.1 cm³/mol. The van der Waals surface area contributed by atoms with Gasteiger partial charge in [0.2, 0.25) is 0 Å². The van der Waals surface area contributed by atoms with Gasteiger partial charge in [-0.25, -0.2) is 4.21 Å². The van der Waals surface area contributed by atoms with Gasteiger partial charge in [0.25, 0.3) is 0 Å². The Bertz CT molecular complexity index is 142. The molecular formula is C5H12N2O2S. The zero-order valence-electron chi connectivity index (χ0n) is 5.91. The fourth-order valence-electron chi connectivity index (χ4n) is 1.01. The molecule has 2 unspecified atom stereocenters. The number of likely N-dealkylation sites (N-methyl/N-ethyl adjacent to an activating group) is 1.